The molecule has 17 heavy (non-hydrogen) atoms. The number of aromatic nitrogens is 3. The molecule has 0 unspecified atom stereocenters. The Bertz CT molecular complexity index is 793. The van der Waals surface area contributed by atoms with Gasteiger partial charge in [0.25, 0.3) is 5.56 Å². The maximum absolute atomic E-state index is 12.0. The van der Waals surface area contributed by atoms with Crippen molar-refractivity contribution >= 4 is 11.0 Å². The van der Waals surface area contributed by atoms with Gasteiger partial charge in [-0.05, 0) is 13.8 Å². The summed E-state index contributed by atoms with van der Waals surface area (Å²) in [5, 5.41) is 0.0256. The Morgan fingerprint density at radius 1 is 1.00 bits per heavy atom. The molecular weight excluding hydrogens is 222 g/mol. The van der Waals surface area contributed by atoms with Crippen LogP contribution in [0.2, 0.25) is 0 Å². The zero-order valence-corrected chi connectivity index (χ0v) is 10.1. The van der Waals surface area contributed by atoms with Crippen LogP contribution < -0.4 is 16.7 Å². The summed E-state index contributed by atoms with van der Waals surface area (Å²) in [5.41, 5.74) is 0.0755. The molecule has 0 aromatic carbocycles. The first kappa shape index (κ1) is 11.4. The molecule has 6 nitrogen and oxygen atoms in total. The highest BCUT2D eigenvalue weighted by Gasteiger charge is 2.14. The molecule has 2 heterocycles. The number of aromatic amines is 1. The second-order valence-electron chi connectivity index (χ2n) is 4.13. The number of hydrogen-bond acceptors (Lipinski definition) is 3. The van der Waals surface area contributed by atoms with Crippen LogP contribution in [0.1, 0.15) is 11.3 Å². The van der Waals surface area contributed by atoms with Crippen molar-refractivity contribution in [3.05, 3.63) is 42.3 Å². The Labute approximate surface area is 96.1 Å². The summed E-state index contributed by atoms with van der Waals surface area (Å²) in [7, 11) is 2.88. The minimum atomic E-state index is -0.563. The number of hydrogen-bond donors (Lipinski definition) is 1. The topological polar surface area (TPSA) is 76.9 Å². The SMILES string of the molecule is Cc1[nH]c2c(c(=O)c1C)c(=O)n(C)c(=O)n2C. The molecule has 0 aliphatic rings. The number of nitrogens with one attached hydrogen (secondary N) is 1. The molecule has 2 aromatic heterocycles. The van der Waals surface area contributed by atoms with Crippen LogP contribution in [0.4, 0.5) is 0 Å². The lowest BCUT2D eigenvalue weighted by Crippen LogP contribution is -2.39. The van der Waals surface area contributed by atoms with Crippen LogP contribution in [0, 0.1) is 13.8 Å². The van der Waals surface area contributed by atoms with Crippen LogP contribution in [0.3, 0.4) is 0 Å². The van der Waals surface area contributed by atoms with Crippen molar-refractivity contribution in [2.45, 2.75) is 13.8 Å². The minimum absolute atomic E-state index is 0.0256. The van der Waals surface area contributed by atoms with E-state index < -0.39 is 11.2 Å². The van der Waals surface area contributed by atoms with E-state index in [1.165, 1.54) is 18.7 Å². The molecule has 0 saturated carbocycles. The second-order valence-corrected chi connectivity index (χ2v) is 4.13. The molecule has 0 radical (unpaired) electrons. The van der Waals surface area contributed by atoms with E-state index in [0.29, 0.717) is 11.3 Å². The first-order valence-corrected chi connectivity index (χ1v) is 5.15. The van der Waals surface area contributed by atoms with Crippen molar-refractivity contribution in [1.29, 1.82) is 0 Å². The molecule has 1 N–H and O–H groups in total. The van der Waals surface area contributed by atoms with Crippen molar-refractivity contribution in [3.8, 4) is 0 Å². The molecule has 0 spiro atoms. The summed E-state index contributed by atoms with van der Waals surface area (Å²) in [5.74, 6) is 0. The lowest BCUT2D eigenvalue weighted by molar-refractivity contribution is 0.705. The lowest BCUT2D eigenvalue weighted by atomic mass is 10.2. The predicted octanol–water partition coefficient (Wildman–Crippen LogP) is -0.458. The minimum Gasteiger partial charge on any atom is -0.344 e. The van der Waals surface area contributed by atoms with Gasteiger partial charge in [-0.1, -0.05) is 0 Å². The summed E-state index contributed by atoms with van der Waals surface area (Å²) < 4.78 is 2.21. The Kier molecular flexibility index (Phi) is 2.30. The first-order valence-electron chi connectivity index (χ1n) is 5.15. The highest BCUT2D eigenvalue weighted by molar-refractivity contribution is 5.74. The summed E-state index contributed by atoms with van der Waals surface area (Å²) in [6, 6.07) is 0. The van der Waals surface area contributed by atoms with Crippen molar-refractivity contribution < 1.29 is 0 Å². The van der Waals surface area contributed by atoms with E-state index in [0.717, 1.165) is 4.57 Å². The summed E-state index contributed by atoms with van der Waals surface area (Å²) >= 11 is 0. The van der Waals surface area contributed by atoms with Crippen molar-refractivity contribution in [3.63, 3.8) is 0 Å². The number of aryl methyl sites for hydroxylation is 2. The number of rotatable bonds is 0. The van der Waals surface area contributed by atoms with Crippen LogP contribution >= 0.6 is 0 Å². The molecule has 2 aromatic rings. The Morgan fingerprint density at radius 3 is 2.18 bits per heavy atom. The second kappa shape index (κ2) is 3.44. The summed E-state index contributed by atoms with van der Waals surface area (Å²) in [4.78, 5) is 38.6. The van der Waals surface area contributed by atoms with E-state index in [9.17, 15) is 14.4 Å². The molecule has 0 aliphatic heterocycles. The number of fused-ring (bicyclic) bond motifs is 1. The zero-order chi connectivity index (χ0) is 12.9. The fourth-order valence-electron chi connectivity index (χ4n) is 1.82. The normalized spacial score (nSPS) is 11.1. The summed E-state index contributed by atoms with van der Waals surface area (Å²) in [6.45, 7) is 3.39. The van der Waals surface area contributed by atoms with Crippen molar-refractivity contribution in [1.82, 2.24) is 14.1 Å². The van der Waals surface area contributed by atoms with Gasteiger partial charge in [0, 0.05) is 25.4 Å². The van der Waals surface area contributed by atoms with Crippen LogP contribution in [-0.2, 0) is 14.1 Å². The van der Waals surface area contributed by atoms with Gasteiger partial charge in [0.2, 0.25) is 0 Å². The maximum atomic E-state index is 12.0. The summed E-state index contributed by atoms with van der Waals surface area (Å²) in [6.07, 6.45) is 0. The molecule has 0 atom stereocenters. The fourth-order valence-corrected chi connectivity index (χ4v) is 1.82. The fraction of sp³-hybridized carbons (Fsp3) is 0.364. The standard InChI is InChI=1S/C11H13N3O3/c1-5-6(2)12-9-7(8(5)15)10(16)14(4)11(17)13(9)3/h1-4H3,(H,12,15). The maximum Gasteiger partial charge on any atom is 0.332 e. The van der Waals surface area contributed by atoms with Crippen LogP contribution in [-0.4, -0.2) is 14.1 Å². The number of pyridine rings is 1. The molecule has 6 heteroatoms. The molecular formula is C11H13N3O3. The zero-order valence-electron chi connectivity index (χ0n) is 10.1. The average molecular weight is 235 g/mol. The van der Waals surface area contributed by atoms with E-state index in [1.54, 1.807) is 13.8 Å². The predicted molar refractivity (Wildman–Crippen MR) is 64.5 cm³/mol. The van der Waals surface area contributed by atoms with E-state index >= 15 is 0 Å². The van der Waals surface area contributed by atoms with Gasteiger partial charge in [0.05, 0.1) is 0 Å². The molecule has 0 amide bonds. The molecule has 2 rings (SSSR count). The van der Waals surface area contributed by atoms with Gasteiger partial charge in [-0.25, -0.2) is 4.79 Å². The lowest BCUT2D eigenvalue weighted by Gasteiger charge is -2.09. The van der Waals surface area contributed by atoms with Crippen LogP contribution in [0.25, 0.3) is 11.0 Å². The van der Waals surface area contributed by atoms with Gasteiger partial charge in [-0.2, -0.15) is 0 Å². The molecule has 90 valence electrons. The molecule has 0 aliphatic carbocycles. The highest BCUT2D eigenvalue weighted by atomic mass is 16.2. The molecule has 0 fully saturated rings. The van der Waals surface area contributed by atoms with Crippen molar-refractivity contribution in [2.24, 2.45) is 14.1 Å². The third-order valence-electron chi connectivity index (χ3n) is 3.10. The highest BCUT2D eigenvalue weighted by Crippen LogP contribution is 2.04. The number of H-pyrrole nitrogens is 1. The van der Waals surface area contributed by atoms with Crippen LogP contribution in [0.15, 0.2) is 14.4 Å². The average Bonchev–Trinajstić information content (AvgIpc) is 2.30. The van der Waals surface area contributed by atoms with Gasteiger partial charge in [0.15, 0.2) is 5.43 Å². The van der Waals surface area contributed by atoms with Gasteiger partial charge in [0.1, 0.15) is 11.0 Å². The van der Waals surface area contributed by atoms with E-state index in [-0.39, 0.29) is 16.5 Å². The van der Waals surface area contributed by atoms with E-state index in [2.05, 4.69) is 4.98 Å². The Balaban J connectivity index is 3.31. The first-order chi connectivity index (χ1) is 7.86. The van der Waals surface area contributed by atoms with Crippen LogP contribution in [0.5, 0.6) is 0 Å². The van der Waals surface area contributed by atoms with Gasteiger partial charge >= 0.3 is 5.69 Å². The van der Waals surface area contributed by atoms with E-state index in [1.807, 2.05) is 0 Å². The number of nitrogens with zero attached hydrogens (tertiary/aromatic N) is 2. The van der Waals surface area contributed by atoms with Gasteiger partial charge < -0.3 is 4.98 Å². The van der Waals surface area contributed by atoms with Gasteiger partial charge in [-0.15, -0.1) is 0 Å². The molecule has 0 bridgehead atoms. The quantitative estimate of drug-likeness (QED) is 0.671. The van der Waals surface area contributed by atoms with Gasteiger partial charge in [-0.3, -0.25) is 18.7 Å². The Morgan fingerprint density at radius 2 is 1.59 bits per heavy atom. The molecule has 0 saturated heterocycles. The largest absolute Gasteiger partial charge is 0.344 e. The third-order valence-corrected chi connectivity index (χ3v) is 3.10. The smallest absolute Gasteiger partial charge is 0.332 e. The Hall–Kier alpha value is -2.11. The van der Waals surface area contributed by atoms with E-state index in [4.69, 9.17) is 0 Å². The third kappa shape index (κ3) is 1.37. The van der Waals surface area contributed by atoms with Crippen molar-refractivity contribution in [2.75, 3.05) is 0 Å². The monoisotopic (exact) mass is 235 g/mol.